The molecule has 1 unspecified atom stereocenters. The van der Waals surface area contributed by atoms with Crippen LogP contribution in [0.25, 0.3) is 0 Å². The molecule has 0 fully saturated rings. The summed E-state index contributed by atoms with van der Waals surface area (Å²) >= 11 is 6.38. The van der Waals surface area contributed by atoms with Crippen molar-refractivity contribution in [1.82, 2.24) is 9.78 Å². The molecule has 0 spiro atoms. The highest BCUT2D eigenvalue weighted by Gasteiger charge is 2.18. The van der Waals surface area contributed by atoms with Crippen molar-refractivity contribution in [3.05, 3.63) is 51.8 Å². The number of aromatic nitrogens is 2. The molecule has 20 heavy (non-hydrogen) atoms. The maximum Gasteiger partial charge on any atom is 0.0851 e. The molecule has 4 heteroatoms. The van der Waals surface area contributed by atoms with Gasteiger partial charge in [0, 0.05) is 13.0 Å². The zero-order valence-electron chi connectivity index (χ0n) is 12.2. The first-order valence-electron chi connectivity index (χ1n) is 7.05. The Balaban J connectivity index is 2.27. The summed E-state index contributed by atoms with van der Waals surface area (Å²) in [5, 5.41) is 15.6. The predicted octanol–water partition coefficient (Wildman–Crippen LogP) is 3.70. The van der Waals surface area contributed by atoms with E-state index in [1.807, 2.05) is 49.7 Å². The van der Waals surface area contributed by atoms with Gasteiger partial charge in [-0.05, 0) is 25.8 Å². The van der Waals surface area contributed by atoms with E-state index in [-0.39, 0.29) is 0 Å². The summed E-state index contributed by atoms with van der Waals surface area (Å²) in [6, 6.07) is 7.93. The fraction of sp³-hybridized carbons (Fsp3) is 0.438. The number of aliphatic hydroxyl groups is 1. The normalized spacial score (nSPS) is 12.7. The average molecular weight is 293 g/mol. The highest BCUT2D eigenvalue weighted by atomic mass is 35.5. The monoisotopic (exact) mass is 292 g/mol. The van der Waals surface area contributed by atoms with Gasteiger partial charge in [0.05, 0.1) is 22.5 Å². The molecule has 0 bridgehead atoms. The molecule has 0 amide bonds. The number of nitrogens with zero attached hydrogens (tertiary/aromatic N) is 2. The minimum absolute atomic E-state index is 0.489. The van der Waals surface area contributed by atoms with Gasteiger partial charge in [-0.3, -0.25) is 4.68 Å². The topological polar surface area (TPSA) is 38.0 Å². The molecular weight excluding hydrogens is 272 g/mol. The molecule has 0 aliphatic carbocycles. The number of rotatable bonds is 5. The molecule has 108 valence electrons. The van der Waals surface area contributed by atoms with Gasteiger partial charge in [-0.25, -0.2) is 0 Å². The molecule has 1 aromatic heterocycles. The first-order chi connectivity index (χ1) is 9.56. The lowest BCUT2D eigenvalue weighted by Gasteiger charge is -2.13. The number of hydrogen-bond donors (Lipinski definition) is 1. The summed E-state index contributed by atoms with van der Waals surface area (Å²) in [5.41, 5.74) is 3.88. The summed E-state index contributed by atoms with van der Waals surface area (Å²) < 4.78 is 1.89. The van der Waals surface area contributed by atoms with Crippen LogP contribution in [0.3, 0.4) is 0 Å². The lowest BCUT2D eigenvalue weighted by Crippen LogP contribution is -2.09. The molecule has 1 heterocycles. The first-order valence-corrected chi connectivity index (χ1v) is 7.43. The van der Waals surface area contributed by atoms with Crippen LogP contribution in [0.2, 0.25) is 5.02 Å². The van der Waals surface area contributed by atoms with E-state index in [0.717, 1.165) is 35.5 Å². The van der Waals surface area contributed by atoms with E-state index in [1.54, 1.807) is 0 Å². The lowest BCUT2D eigenvalue weighted by atomic mass is 10.0. The summed E-state index contributed by atoms with van der Waals surface area (Å²) in [7, 11) is 0. The molecule has 1 aromatic carbocycles. The number of aliphatic hydroxyl groups excluding tert-OH is 1. The van der Waals surface area contributed by atoms with E-state index in [4.69, 9.17) is 11.6 Å². The van der Waals surface area contributed by atoms with Crippen LogP contribution >= 0.6 is 11.6 Å². The minimum atomic E-state index is -0.556. The Hall–Kier alpha value is -1.32. The van der Waals surface area contributed by atoms with Crippen LogP contribution in [0, 0.1) is 6.92 Å². The molecule has 0 saturated carbocycles. The zero-order valence-corrected chi connectivity index (χ0v) is 13.0. The van der Waals surface area contributed by atoms with E-state index < -0.39 is 6.10 Å². The highest BCUT2D eigenvalue weighted by Crippen LogP contribution is 2.27. The Morgan fingerprint density at radius 1 is 1.35 bits per heavy atom. The van der Waals surface area contributed by atoms with E-state index >= 15 is 0 Å². The van der Waals surface area contributed by atoms with Gasteiger partial charge in [-0.1, -0.05) is 48.4 Å². The minimum Gasteiger partial charge on any atom is -0.388 e. The lowest BCUT2D eigenvalue weighted by molar-refractivity contribution is 0.175. The molecule has 2 rings (SSSR count). The molecule has 0 aliphatic rings. The molecule has 1 N–H and O–H groups in total. The van der Waals surface area contributed by atoms with Crippen molar-refractivity contribution in [2.75, 3.05) is 0 Å². The standard InChI is InChI=1S/C16H21ClN2O/c1-4-13-16(17)14(19(5-2)18-13)10-15(20)12-8-6-7-11(3)9-12/h6-9,15,20H,4-5,10H2,1-3H3. The van der Waals surface area contributed by atoms with Gasteiger partial charge in [0.2, 0.25) is 0 Å². The smallest absolute Gasteiger partial charge is 0.0851 e. The maximum absolute atomic E-state index is 10.4. The molecular formula is C16H21ClN2O. The third-order valence-electron chi connectivity index (χ3n) is 3.51. The predicted molar refractivity (Wildman–Crippen MR) is 82.1 cm³/mol. The Morgan fingerprint density at radius 2 is 2.10 bits per heavy atom. The Kier molecular flexibility index (Phi) is 4.84. The maximum atomic E-state index is 10.4. The average Bonchev–Trinajstić information content (AvgIpc) is 2.75. The SMILES string of the molecule is CCc1nn(CC)c(CC(O)c2cccc(C)c2)c1Cl. The fourth-order valence-corrected chi connectivity index (χ4v) is 2.74. The highest BCUT2D eigenvalue weighted by molar-refractivity contribution is 6.31. The van der Waals surface area contributed by atoms with Gasteiger partial charge in [0.1, 0.15) is 0 Å². The van der Waals surface area contributed by atoms with Crippen LogP contribution in [0.1, 0.15) is 42.5 Å². The fourth-order valence-electron chi connectivity index (χ4n) is 2.39. The van der Waals surface area contributed by atoms with Gasteiger partial charge in [-0.15, -0.1) is 0 Å². The van der Waals surface area contributed by atoms with E-state index in [2.05, 4.69) is 5.10 Å². The molecule has 0 radical (unpaired) electrons. The molecule has 3 nitrogen and oxygen atoms in total. The Morgan fingerprint density at radius 3 is 2.70 bits per heavy atom. The van der Waals surface area contributed by atoms with Crippen LogP contribution < -0.4 is 0 Å². The second-order valence-electron chi connectivity index (χ2n) is 5.01. The van der Waals surface area contributed by atoms with Gasteiger partial charge in [0.25, 0.3) is 0 Å². The molecule has 0 aliphatic heterocycles. The van der Waals surface area contributed by atoms with Crippen molar-refractivity contribution in [3.8, 4) is 0 Å². The van der Waals surface area contributed by atoms with Crippen LogP contribution in [-0.4, -0.2) is 14.9 Å². The number of hydrogen-bond acceptors (Lipinski definition) is 2. The van der Waals surface area contributed by atoms with Crippen molar-refractivity contribution in [3.63, 3.8) is 0 Å². The third kappa shape index (κ3) is 3.05. The van der Waals surface area contributed by atoms with Crippen molar-refractivity contribution < 1.29 is 5.11 Å². The Bertz CT molecular complexity index is 592. The first kappa shape index (κ1) is 15.1. The van der Waals surface area contributed by atoms with Crippen LogP contribution in [0.4, 0.5) is 0 Å². The summed E-state index contributed by atoms with van der Waals surface area (Å²) in [5.74, 6) is 0. The summed E-state index contributed by atoms with van der Waals surface area (Å²) in [6.07, 6.45) is 0.738. The number of halogens is 1. The molecule has 0 saturated heterocycles. The zero-order chi connectivity index (χ0) is 14.7. The van der Waals surface area contributed by atoms with Crippen molar-refractivity contribution in [1.29, 1.82) is 0 Å². The van der Waals surface area contributed by atoms with Crippen LogP contribution in [0.5, 0.6) is 0 Å². The van der Waals surface area contributed by atoms with Gasteiger partial charge < -0.3 is 5.11 Å². The summed E-state index contributed by atoms with van der Waals surface area (Å²) in [4.78, 5) is 0. The van der Waals surface area contributed by atoms with Crippen LogP contribution in [0.15, 0.2) is 24.3 Å². The second-order valence-corrected chi connectivity index (χ2v) is 5.39. The Labute approximate surface area is 125 Å². The van der Waals surface area contributed by atoms with Crippen LogP contribution in [-0.2, 0) is 19.4 Å². The third-order valence-corrected chi connectivity index (χ3v) is 3.94. The largest absolute Gasteiger partial charge is 0.388 e. The number of benzene rings is 1. The number of aryl methyl sites for hydroxylation is 3. The van der Waals surface area contributed by atoms with Crippen molar-refractivity contribution in [2.24, 2.45) is 0 Å². The van der Waals surface area contributed by atoms with Crippen molar-refractivity contribution >= 4 is 11.6 Å². The van der Waals surface area contributed by atoms with Gasteiger partial charge in [-0.2, -0.15) is 5.10 Å². The van der Waals surface area contributed by atoms with E-state index in [1.165, 1.54) is 0 Å². The van der Waals surface area contributed by atoms with Gasteiger partial charge >= 0.3 is 0 Å². The molecule has 2 aromatic rings. The molecule has 1 atom stereocenters. The second kappa shape index (κ2) is 6.42. The van der Waals surface area contributed by atoms with E-state index in [9.17, 15) is 5.11 Å². The summed E-state index contributed by atoms with van der Waals surface area (Å²) in [6.45, 7) is 6.85. The van der Waals surface area contributed by atoms with E-state index in [0.29, 0.717) is 11.4 Å². The quantitative estimate of drug-likeness (QED) is 0.912. The van der Waals surface area contributed by atoms with Gasteiger partial charge in [0.15, 0.2) is 0 Å². The van der Waals surface area contributed by atoms with Crippen molar-refractivity contribution in [2.45, 2.75) is 46.3 Å².